The van der Waals surface area contributed by atoms with Gasteiger partial charge in [-0.1, -0.05) is 42.1 Å². The normalized spacial score (nSPS) is 20.1. The smallest absolute Gasteiger partial charge is 0.316 e. The molecule has 2 amide bonds. The summed E-state index contributed by atoms with van der Waals surface area (Å²) in [7, 11) is 1.24. The average molecular weight is 345 g/mol. The van der Waals surface area contributed by atoms with Gasteiger partial charge in [0.05, 0.1) is 29.5 Å². The number of carbonyl (C=O) groups is 3. The summed E-state index contributed by atoms with van der Waals surface area (Å²) in [5, 5.41) is 12.0. The van der Waals surface area contributed by atoms with Crippen molar-refractivity contribution in [1.29, 1.82) is 5.26 Å². The lowest BCUT2D eigenvalue weighted by atomic mass is 9.78. The number of benzene rings is 1. The zero-order valence-electron chi connectivity index (χ0n) is 12.8. The Morgan fingerprint density at radius 3 is 2.58 bits per heavy atom. The molecule has 0 bridgehead atoms. The molecule has 0 saturated heterocycles. The van der Waals surface area contributed by atoms with Gasteiger partial charge in [-0.2, -0.15) is 5.26 Å². The van der Waals surface area contributed by atoms with Crippen LogP contribution in [0.1, 0.15) is 11.5 Å². The predicted octanol–water partition coefficient (Wildman–Crippen LogP) is 0.643. The number of methoxy groups -OCH3 is 1. The second-order valence-corrected chi connectivity index (χ2v) is 5.94. The van der Waals surface area contributed by atoms with Crippen LogP contribution in [0.4, 0.5) is 0 Å². The van der Waals surface area contributed by atoms with Crippen LogP contribution in [0.15, 0.2) is 40.9 Å². The van der Waals surface area contributed by atoms with Gasteiger partial charge >= 0.3 is 5.97 Å². The van der Waals surface area contributed by atoms with Crippen molar-refractivity contribution < 1.29 is 19.1 Å². The minimum atomic E-state index is -1.09. The number of thioether (sulfide) groups is 1. The molecule has 24 heavy (non-hydrogen) atoms. The fraction of sp³-hybridized carbons (Fsp3) is 0.250. The summed E-state index contributed by atoms with van der Waals surface area (Å²) in [6, 6.07) is 10.7. The topological polar surface area (TPSA) is 122 Å². The second kappa shape index (κ2) is 7.66. The predicted molar refractivity (Wildman–Crippen MR) is 87.1 cm³/mol. The van der Waals surface area contributed by atoms with Crippen molar-refractivity contribution in [1.82, 2.24) is 5.32 Å². The number of ether oxygens (including phenoxy) is 1. The zero-order valence-corrected chi connectivity index (χ0v) is 13.6. The van der Waals surface area contributed by atoms with Crippen molar-refractivity contribution in [3.63, 3.8) is 0 Å². The monoisotopic (exact) mass is 345 g/mol. The molecule has 0 radical (unpaired) electrons. The largest absolute Gasteiger partial charge is 0.468 e. The number of amides is 2. The highest BCUT2D eigenvalue weighted by Gasteiger charge is 2.41. The van der Waals surface area contributed by atoms with E-state index in [-0.39, 0.29) is 16.4 Å². The molecule has 3 N–H and O–H groups in total. The first-order valence-electron chi connectivity index (χ1n) is 6.98. The van der Waals surface area contributed by atoms with Gasteiger partial charge in [0.2, 0.25) is 11.8 Å². The molecule has 0 aliphatic carbocycles. The molecule has 7 nitrogen and oxygen atoms in total. The zero-order chi connectivity index (χ0) is 17.7. The molecule has 2 rings (SSSR count). The number of primary amides is 1. The number of nitrogens with two attached hydrogens (primary N) is 1. The molecule has 1 aliphatic heterocycles. The van der Waals surface area contributed by atoms with Crippen molar-refractivity contribution in [2.75, 3.05) is 12.9 Å². The maximum atomic E-state index is 12.3. The number of hydrogen-bond acceptors (Lipinski definition) is 6. The third-order valence-corrected chi connectivity index (χ3v) is 4.52. The van der Waals surface area contributed by atoms with Gasteiger partial charge in [-0.15, -0.1) is 0 Å². The van der Waals surface area contributed by atoms with Crippen molar-refractivity contribution in [3.05, 3.63) is 46.5 Å². The molecule has 1 aliphatic rings. The Labute approximate surface area is 142 Å². The minimum Gasteiger partial charge on any atom is -0.468 e. The summed E-state index contributed by atoms with van der Waals surface area (Å²) in [5.74, 6) is -3.77. The second-order valence-electron chi connectivity index (χ2n) is 4.96. The van der Waals surface area contributed by atoms with E-state index < -0.39 is 29.6 Å². The molecule has 8 heteroatoms. The van der Waals surface area contributed by atoms with Gasteiger partial charge in [0, 0.05) is 5.92 Å². The number of esters is 1. The van der Waals surface area contributed by atoms with E-state index in [1.807, 2.05) is 6.07 Å². The highest BCUT2D eigenvalue weighted by atomic mass is 32.2. The maximum Gasteiger partial charge on any atom is 0.316 e. The van der Waals surface area contributed by atoms with E-state index in [1.54, 1.807) is 30.3 Å². The number of rotatable bonds is 5. The third kappa shape index (κ3) is 3.58. The summed E-state index contributed by atoms with van der Waals surface area (Å²) in [6.45, 7) is 0. The quantitative estimate of drug-likeness (QED) is 0.755. The van der Waals surface area contributed by atoms with Gasteiger partial charge in [0.15, 0.2) is 0 Å². The molecular weight excluding hydrogens is 330 g/mol. The van der Waals surface area contributed by atoms with E-state index in [2.05, 4.69) is 10.1 Å². The summed E-state index contributed by atoms with van der Waals surface area (Å²) < 4.78 is 4.55. The first-order chi connectivity index (χ1) is 11.5. The standard InChI is InChI=1S/C16H15N3O4S/c1-23-11(20)8-24-16-13(14(18)21)12(9-5-3-2-4-6-9)10(7-17)15(22)19-16/h2-6,10,12H,8H2,1H3,(H2,18,21)(H,19,22). The average Bonchev–Trinajstić information content (AvgIpc) is 2.59. The van der Waals surface area contributed by atoms with E-state index in [4.69, 9.17) is 5.73 Å². The molecule has 0 aromatic heterocycles. The summed E-state index contributed by atoms with van der Waals surface area (Å²) in [5.41, 5.74) is 6.24. The molecule has 1 aromatic carbocycles. The Kier molecular flexibility index (Phi) is 5.60. The number of carbonyl (C=O) groups excluding carboxylic acids is 3. The van der Waals surface area contributed by atoms with Crippen molar-refractivity contribution in [2.45, 2.75) is 5.92 Å². The molecule has 2 unspecified atom stereocenters. The fourth-order valence-corrected chi connectivity index (χ4v) is 3.37. The van der Waals surface area contributed by atoms with E-state index in [0.717, 1.165) is 11.8 Å². The summed E-state index contributed by atoms with van der Waals surface area (Å²) in [6.07, 6.45) is 0. The Balaban J connectivity index is 2.52. The highest BCUT2D eigenvalue weighted by Crippen LogP contribution is 2.39. The Bertz CT molecular complexity index is 739. The van der Waals surface area contributed by atoms with Gasteiger partial charge < -0.3 is 15.8 Å². The van der Waals surface area contributed by atoms with Crippen LogP contribution in [0, 0.1) is 17.2 Å². The van der Waals surface area contributed by atoms with Crippen LogP contribution >= 0.6 is 11.8 Å². The van der Waals surface area contributed by atoms with Crippen LogP contribution < -0.4 is 11.1 Å². The highest BCUT2D eigenvalue weighted by molar-refractivity contribution is 8.03. The lowest BCUT2D eigenvalue weighted by Crippen LogP contribution is -2.42. The van der Waals surface area contributed by atoms with Crippen LogP contribution in [0.3, 0.4) is 0 Å². The molecular formula is C16H15N3O4S. The number of nitrogens with zero attached hydrogens (tertiary/aromatic N) is 1. The van der Waals surface area contributed by atoms with Gasteiger partial charge in [-0.3, -0.25) is 14.4 Å². The van der Waals surface area contributed by atoms with Gasteiger partial charge in [-0.25, -0.2) is 0 Å². The van der Waals surface area contributed by atoms with E-state index in [1.165, 1.54) is 7.11 Å². The summed E-state index contributed by atoms with van der Waals surface area (Å²) in [4.78, 5) is 35.6. The first kappa shape index (κ1) is 17.6. The van der Waals surface area contributed by atoms with E-state index in [0.29, 0.717) is 5.56 Å². The van der Waals surface area contributed by atoms with Crippen LogP contribution in [0.2, 0.25) is 0 Å². The van der Waals surface area contributed by atoms with Crippen LogP contribution in [0.5, 0.6) is 0 Å². The molecule has 1 aromatic rings. The molecule has 124 valence electrons. The summed E-state index contributed by atoms with van der Waals surface area (Å²) >= 11 is 0.944. The Morgan fingerprint density at radius 2 is 2.04 bits per heavy atom. The minimum absolute atomic E-state index is 0.0956. The SMILES string of the molecule is COC(=O)CSC1=C(C(N)=O)C(c2ccccc2)C(C#N)C(=O)N1. The molecule has 0 fully saturated rings. The molecule has 0 saturated carbocycles. The van der Waals surface area contributed by atoms with Crippen molar-refractivity contribution >= 4 is 29.5 Å². The molecule has 0 spiro atoms. The lowest BCUT2D eigenvalue weighted by molar-refractivity contribution is -0.137. The molecule has 1 heterocycles. The van der Waals surface area contributed by atoms with Gasteiger partial charge in [-0.05, 0) is 5.56 Å². The van der Waals surface area contributed by atoms with Gasteiger partial charge in [0.1, 0.15) is 5.92 Å². The van der Waals surface area contributed by atoms with E-state index >= 15 is 0 Å². The number of nitriles is 1. The van der Waals surface area contributed by atoms with Crippen LogP contribution in [-0.2, 0) is 19.1 Å². The maximum absolute atomic E-state index is 12.3. The number of nitrogens with one attached hydrogen (secondary N) is 1. The van der Waals surface area contributed by atoms with Crippen molar-refractivity contribution in [2.24, 2.45) is 11.7 Å². The van der Waals surface area contributed by atoms with Crippen LogP contribution in [0.25, 0.3) is 0 Å². The number of hydrogen-bond donors (Lipinski definition) is 2. The lowest BCUT2D eigenvalue weighted by Gasteiger charge is -2.30. The van der Waals surface area contributed by atoms with Crippen LogP contribution in [-0.4, -0.2) is 30.6 Å². The molecule has 2 atom stereocenters. The van der Waals surface area contributed by atoms with E-state index in [9.17, 15) is 19.6 Å². The first-order valence-corrected chi connectivity index (χ1v) is 7.97. The third-order valence-electron chi connectivity index (χ3n) is 3.53. The Hall–Kier alpha value is -2.79. The fourth-order valence-electron chi connectivity index (χ4n) is 2.44. The Morgan fingerprint density at radius 1 is 1.38 bits per heavy atom. The van der Waals surface area contributed by atoms with Gasteiger partial charge in [0.25, 0.3) is 0 Å². The van der Waals surface area contributed by atoms with Crippen molar-refractivity contribution in [3.8, 4) is 6.07 Å².